The third kappa shape index (κ3) is 4.08. The molecule has 23 heavy (non-hydrogen) atoms. The van der Waals surface area contributed by atoms with E-state index in [2.05, 4.69) is 37.0 Å². The lowest BCUT2D eigenvalue weighted by molar-refractivity contribution is 0.0982. The van der Waals surface area contributed by atoms with Gasteiger partial charge in [0.1, 0.15) is 0 Å². The summed E-state index contributed by atoms with van der Waals surface area (Å²) >= 11 is 0. The molecule has 2 heteroatoms. The third-order valence-electron chi connectivity index (χ3n) is 4.76. The monoisotopic (exact) mass is 309 g/mol. The molecule has 122 valence electrons. The number of ketones is 1. The first-order chi connectivity index (χ1) is 11.2. The quantitative estimate of drug-likeness (QED) is 0.529. The summed E-state index contributed by atoms with van der Waals surface area (Å²) in [5.74, 6) is 0.205. The topological polar surface area (TPSA) is 29.1 Å². The maximum Gasteiger partial charge on any atom is 0.164 e. The van der Waals surface area contributed by atoms with Crippen molar-refractivity contribution in [2.75, 3.05) is 6.54 Å². The van der Waals surface area contributed by atoms with Gasteiger partial charge in [-0.2, -0.15) is 0 Å². The predicted octanol–water partition coefficient (Wildman–Crippen LogP) is 4.71. The molecule has 0 radical (unpaired) electrons. The lowest BCUT2D eigenvalue weighted by Gasteiger charge is -2.17. The first-order valence-corrected chi connectivity index (χ1v) is 8.45. The van der Waals surface area contributed by atoms with E-state index in [1.54, 1.807) is 0 Å². The van der Waals surface area contributed by atoms with Crippen LogP contribution in [0, 0.1) is 5.41 Å². The van der Waals surface area contributed by atoms with E-state index in [1.165, 1.54) is 5.57 Å². The van der Waals surface area contributed by atoms with Crippen molar-refractivity contribution in [1.82, 2.24) is 5.32 Å². The number of hydrogen-bond acceptors (Lipinski definition) is 2. The second kappa shape index (κ2) is 8.07. The summed E-state index contributed by atoms with van der Waals surface area (Å²) in [4.78, 5) is 12.1. The van der Waals surface area contributed by atoms with E-state index >= 15 is 0 Å². The van der Waals surface area contributed by atoms with Gasteiger partial charge in [-0.05, 0) is 25.3 Å². The zero-order chi connectivity index (χ0) is 16.7. The van der Waals surface area contributed by atoms with Crippen LogP contribution in [0.25, 0.3) is 0 Å². The number of allylic oxidation sites excluding steroid dienone is 4. The minimum Gasteiger partial charge on any atom is -0.313 e. The number of hydrogen-bond donors (Lipinski definition) is 1. The van der Waals surface area contributed by atoms with Crippen LogP contribution in [-0.4, -0.2) is 18.4 Å². The second-order valence-electron chi connectivity index (χ2n) is 6.12. The molecule has 0 saturated heterocycles. The molecule has 2 atom stereocenters. The van der Waals surface area contributed by atoms with Crippen molar-refractivity contribution in [1.29, 1.82) is 0 Å². The molecule has 1 aromatic carbocycles. The molecule has 2 nitrogen and oxygen atoms in total. The van der Waals surface area contributed by atoms with Crippen molar-refractivity contribution in [3.63, 3.8) is 0 Å². The molecule has 1 aromatic rings. The van der Waals surface area contributed by atoms with Crippen LogP contribution < -0.4 is 5.32 Å². The van der Waals surface area contributed by atoms with Crippen LogP contribution in [0.5, 0.6) is 0 Å². The second-order valence-corrected chi connectivity index (χ2v) is 6.12. The van der Waals surface area contributed by atoms with Crippen LogP contribution in [0.1, 0.15) is 43.5 Å². The van der Waals surface area contributed by atoms with Crippen LogP contribution in [-0.2, 0) is 0 Å². The average molecular weight is 309 g/mol. The predicted molar refractivity (Wildman–Crippen MR) is 97.6 cm³/mol. The Morgan fingerprint density at radius 3 is 2.74 bits per heavy atom. The first kappa shape index (κ1) is 17.4. The normalized spacial score (nSPS) is 23.9. The molecular weight excluding hydrogens is 282 g/mol. The molecule has 2 rings (SSSR count). The molecule has 2 unspecified atom stereocenters. The van der Waals surface area contributed by atoms with Crippen molar-refractivity contribution in [2.24, 2.45) is 5.41 Å². The van der Waals surface area contributed by atoms with E-state index in [0.29, 0.717) is 12.5 Å². The molecule has 0 aromatic heterocycles. The van der Waals surface area contributed by atoms with Gasteiger partial charge < -0.3 is 5.32 Å². The SMILES string of the molecule is C=C/C=C(\C=C/C)C1(CC)CC1NCCC(=O)c1ccccc1. The lowest BCUT2D eigenvalue weighted by atomic mass is 9.91. The van der Waals surface area contributed by atoms with Crippen LogP contribution in [0.2, 0.25) is 0 Å². The zero-order valence-corrected chi connectivity index (χ0v) is 14.2. The van der Waals surface area contributed by atoms with Crippen LogP contribution in [0.4, 0.5) is 0 Å². The number of nitrogens with one attached hydrogen (secondary N) is 1. The van der Waals surface area contributed by atoms with Gasteiger partial charge >= 0.3 is 0 Å². The summed E-state index contributed by atoms with van der Waals surface area (Å²) in [5.41, 5.74) is 2.34. The summed E-state index contributed by atoms with van der Waals surface area (Å²) in [5, 5.41) is 3.57. The summed E-state index contributed by atoms with van der Waals surface area (Å²) in [6, 6.07) is 9.97. The largest absolute Gasteiger partial charge is 0.313 e. The highest BCUT2D eigenvalue weighted by atomic mass is 16.1. The summed E-state index contributed by atoms with van der Waals surface area (Å²) in [6.07, 6.45) is 11.0. The average Bonchev–Trinajstić information content (AvgIpc) is 3.30. The highest BCUT2D eigenvalue weighted by Gasteiger charge is 2.53. The minimum atomic E-state index is 0.205. The fourth-order valence-corrected chi connectivity index (χ4v) is 3.31. The van der Waals surface area contributed by atoms with Gasteiger partial charge in [-0.3, -0.25) is 4.79 Å². The number of carbonyl (C=O) groups excluding carboxylic acids is 1. The van der Waals surface area contributed by atoms with Crippen molar-refractivity contribution < 1.29 is 4.79 Å². The van der Waals surface area contributed by atoms with Gasteiger partial charge in [0.15, 0.2) is 5.78 Å². The maximum atomic E-state index is 12.1. The van der Waals surface area contributed by atoms with E-state index < -0.39 is 0 Å². The van der Waals surface area contributed by atoms with Gasteiger partial charge in [-0.25, -0.2) is 0 Å². The van der Waals surface area contributed by atoms with E-state index in [9.17, 15) is 4.79 Å². The van der Waals surface area contributed by atoms with Crippen LogP contribution in [0.15, 0.2) is 66.8 Å². The molecule has 0 amide bonds. The Morgan fingerprint density at radius 1 is 1.39 bits per heavy atom. The maximum absolute atomic E-state index is 12.1. The molecule has 1 fully saturated rings. The van der Waals surface area contributed by atoms with E-state index in [0.717, 1.165) is 24.9 Å². The van der Waals surface area contributed by atoms with Crippen LogP contribution >= 0.6 is 0 Å². The van der Waals surface area contributed by atoms with E-state index in [1.807, 2.05) is 43.3 Å². The third-order valence-corrected chi connectivity index (χ3v) is 4.76. The summed E-state index contributed by atoms with van der Waals surface area (Å²) in [6.45, 7) is 8.84. The Kier molecular flexibility index (Phi) is 6.12. The Hall–Kier alpha value is -1.93. The van der Waals surface area contributed by atoms with Gasteiger partial charge in [0.2, 0.25) is 0 Å². The van der Waals surface area contributed by atoms with Gasteiger partial charge in [-0.1, -0.05) is 68.1 Å². The van der Waals surface area contributed by atoms with Crippen molar-refractivity contribution in [2.45, 2.75) is 39.2 Å². The number of rotatable bonds is 9. The smallest absolute Gasteiger partial charge is 0.164 e. The Balaban J connectivity index is 1.89. The lowest BCUT2D eigenvalue weighted by Crippen LogP contribution is -2.26. The molecule has 0 aliphatic heterocycles. The van der Waals surface area contributed by atoms with Crippen molar-refractivity contribution in [3.05, 3.63) is 72.4 Å². The molecule has 1 N–H and O–H groups in total. The number of benzene rings is 1. The van der Waals surface area contributed by atoms with Crippen molar-refractivity contribution >= 4 is 5.78 Å². The number of carbonyl (C=O) groups is 1. The zero-order valence-electron chi connectivity index (χ0n) is 14.2. The van der Waals surface area contributed by atoms with Crippen LogP contribution in [0.3, 0.4) is 0 Å². The molecule has 0 bridgehead atoms. The molecule has 1 saturated carbocycles. The highest BCUT2D eigenvalue weighted by Crippen LogP contribution is 2.55. The first-order valence-electron chi connectivity index (χ1n) is 8.45. The number of Topliss-reactive ketones (excluding diaryl/α,β-unsaturated/α-hetero) is 1. The summed E-state index contributed by atoms with van der Waals surface area (Å²) in [7, 11) is 0. The van der Waals surface area contributed by atoms with Gasteiger partial charge in [-0.15, -0.1) is 0 Å². The summed E-state index contributed by atoms with van der Waals surface area (Å²) < 4.78 is 0. The molecular formula is C21H27NO. The van der Waals surface area contributed by atoms with E-state index in [4.69, 9.17) is 0 Å². The Labute approximate surface area is 140 Å². The van der Waals surface area contributed by atoms with E-state index in [-0.39, 0.29) is 11.2 Å². The minimum absolute atomic E-state index is 0.205. The molecule has 0 heterocycles. The fraction of sp³-hybridized carbons (Fsp3) is 0.381. The molecule has 1 aliphatic carbocycles. The Morgan fingerprint density at radius 2 is 2.13 bits per heavy atom. The van der Waals surface area contributed by atoms with Gasteiger partial charge in [0, 0.05) is 30.0 Å². The Bertz CT molecular complexity index is 600. The molecule has 1 aliphatic rings. The highest BCUT2D eigenvalue weighted by molar-refractivity contribution is 5.96. The van der Waals surface area contributed by atoms with Crippen molar-refractivity contribution in [3.8, 4) is 0 Å². The van der Waals surface area contributed by atoms with Gasteiger partial charge in [0.25, 0.3) is 0 Å². The standard InChI is InChI=1S/C21H27NO/c1-4-10-18(11-5-2)21(6-3)16-20(21)22-15-14-19(23)17-12-8-7-9-13-17/h4-5,7-13,20,22H,1,6,14-16H2,2-3H3/b11-5-,18-10+. The van der Waals surface area contributed by atoms with Gasteiger partial charge in [0.05, 0.1) is 0 Å². The fourth-order valence-electron chi connectivity index (χ4n) is 3.31. The molecule has 0 spiro atoms.